The third kappa shape index (κ3) is 2.78. The average molecular weight is 262 g/mol. The van der Waals surface area contributed by atoms with Gasteiger partial charge in [0.1, 0.15) is 12.6 Å². The Bertz CT molecular complexity index is 560. The van der Waals surface area contributed by atoms with Crippen LogP contribution < -0.4 is 5.32 Å². The Hall–Kier alpha value is -2.25. The van der Waals surface area contributed by atoms with E-state index in [2.05, 4.69) is 25.8 Å². The Labute approximate surface area is 109 Å². The molecule has 1 fully saturated rings. The number of nitrogens with one attached hydrogen (secondary N) is 1. The van der Waals surface area contributed by atoms with Crippen LogP contribution in [0.1, 0.15) is 43.4 Å². The van der Waals surface area contributed by atoms with Gasteiger partial charge in [0, 0.05) is 12.1 Å². The quantitative estimate of drug-likeness (QED) is 0.838. The molecule has 1 aliphatic carbocycles. The maximum absolute atomic E-state index is 11.8. The van der Waals surface area contributed by atoms with E-state index in [1.807, 2.05) is 6.92 Å². The highest BCUT2D eigenvalue weighted by Crippen LogP contribution is 2.38. The molecule has 1 N–H and O–H groups in total. The van der Waals surface area contributed by atoms with Gasteiger partial charge in [-0.1, -0.05) is 10.4 Å². The van der Waals surface area contributed by atoms with Gasteiger partial charge in [-0.3, -0.25) is 4.79 Å². The van der Waals surface area contributed by atoms with Crippen LogP contribution in [0.3, 0.4) is 0 Å². The van der Waals surface area contributed by atoms with Crippen molar-refractivity contribution in [3.8, 4) is 0 Å². The SMILES string of the molecule is C[C@@H](NC(=O)Cn1ccnn1)c1nc(C2CC2)no1. The summed E-state index contributed by atoms with van der Waals surface area (Å²) in [6.45, 7) is 1.93. The Kier molecular flexibility index (Phi) is 2.98. The molecule has 0 saturated heterocycles. The summed E-state index contributed by atoms with van der Waals surface area (Å²) in [6.07, 6.45) is 5.39. The molecule has 0 bridgehead atoms. The zero-order valence-electron chi connectivity index (χ0n) is 10.5. The first-order valence-corrected chi connectivity index (χ1v) is 6.19. The number of amides is 1. The maximum Gasteiger partial charge on any atom is 0.248 e. The van der Waals surface area contributed by atoms with Crippen molar-refractivity contribution in [1.29, 1.82) is 0 Å². The lowest BCUT2D eigenvalue weighted by molar-refractivity contribution is -0.122. The second-order valence-corrected chi connectivity index (χ2v) is 4.65. The van der Waals surface area contributed by atoms with Crippen LogP contribution in [0.25, 0.3) is 0 Å². The highest BCUT2D eigenvalue weighted by atomic mass is 16.5. The molecule has 0 unspecified atom stereocenters. The number of rotatable bonds is 5. The van der Waals surface area contributed by atoms with Gasteiger partial charge in [0.25, 0.3) is 0 Å². The van der Waals surface area contributed by atoms with Crippen molar-refractivity contribution in [3.63, 3.8) is 0 Å². The smallest absolute Gasteiger partial charge is 0.248 e. The lowest BCUT2D eigenvalue weighted by Crippen LogP contribution is -2.30. The maximum atomic E-state index is 11.8. The van der Waals surface area contributed by atoms with E-state index in [0.29, 0.717) is 11.8 Å². The summed E-state index contributed by atoms with van der Waals surface area (Å²) >= 11 is 0. The number of hydrogen-bond acceptors (Lipinski definition) is 6. The number of carbonyl (C=O) groups excluding carboxylic acids is 1. The topological polar surface area (TPSA) is 98.7 Å². The molecule has 0 radical (unpaired) electrons. The van der Waals surface area contributed by atoms with Crippen LogP contribution in [0.2, 0.25) is 0 Å². The van der Waals surface area contributed by atoms with Crippen molar-refractivity contribution in [2.45, 2.75) is 38.3 Å². The molecule has 19 heavy (non-hydrogen) atoms. The minimum absolute atomic E-state index is 0.119. The van der Waals surface area contributed by atoms with E-state index in [1.165, 1.54) is 10.9 Å². The van der Waals surface area contributed by atoms with Crippen molar-refractivity contribution in [2.24, 2.45) is 0 Å². The molecule has 0 aliphatic heterocycles. The largest absolute Gasteiger partial charge is 0.343 e. The predicted molar refractivity (Wildman–Crippen MR) is 62.9 cm³/mol. The minimum Gasteiger partial charge on any atom is -0.343 e. The molecule has 1 aliphatic rings. The summed E-state index contributed by atoms with van der Waals surface area (Å²) in [5.74, 6) is 1.45. The Morgan fingerprint density at radius 2 is 2.47 bits per heavy atom. The summed E-state index contributed by atoms with van der Waals surface area (Å²) in [4.78, 5) is 16.1. The van der Waals surface area contributed by atoms with Gasteiger partial charge in [0.2, 0.25) is 11.8 Å². The van der Waals surface area contributed by atoms with E-state index in [4.69, 9.17) is 4.52 Å². The molecule has 2 heterocycles. The van der Waals surface area contributed by atoms with E-state index in [1.54, 1.807) is 6.20 Å². The summed E-state index contributed by atoms with van der Waals surface area (Å²) in [6, 6.07) is -0.309. The summed E-state index contributed by atoms with van der Waals surface area (Å²) < 4.78 is 6.60. The van der Waals surface area contributed by atoms with E-state index in [-0.39, 0.29) is 18.5 Å². The molecule has 100 valence electrons. The molecule has 8 heteroatoms. The summed E-state index contributed by atoms with van der Waals surface area (Å²) in [5.41, 5.74) is 0. The van der Waals surface area contributed by atoms with Gasteiger partial charge in [-0.2, -0.15) is 4.98 Å². The summed E-state index contributed by atoms with van der Waals surface area (Å²) in [5, 5.41) is 14.1. The fourth-order valence-corrected chi connectivity index (χ4v) is 1.74. The highest BCUT2D eigenvalue weighted by Gasteiger charge is 2.29. The van der Waals surface area contributed by atoms with E-state index >= 15 is 0 Å². The molecular weight excluding hydrogens is 248 g/mol. The second kappa shape index (κ2) is 4.79. The molecular formula is C11H14N6O2. The predicted octanol–water partition coefficient (Wildman–Crippen LogP) is 0.416. The molecule has 2 aromatic rings. The fourth-order valence-electron chi connectivity index (χ4n) is 1.74. The van der Waals surface area contributed by atoms with Crippen molar-refractivity contribution >= 4 is 5.91 Å². The third-order valence-electron chi connectivity index (χ3n) is 2.93. The zero-order valence-corrected chi connectivity index (χ0v) is 10.5. The van der Waals surface area contributed by atoms with Gasteiger partial charge in [0.05, 0.1) is 6.20 Å². The lowest BCUT2D eigenvalue weighted by Gasteiger charge is -2.09. The first-order chi connectivity index (χ1) is 9.22. The Morgan fingerprint density at radius 1 is 1.63 bits per heavy atom. The molecule has 2 aromatic heterocycles. The molecule has 8 nitrogen and oxygen atoms in total. The zero-order chi connectivity index (χ0) is 13.2. The van der Waals surface area contributed by atoms with Crippen LogP contribution in [0.5, 0.6) is 0 Å². The minimum atomic E-state index is -0.309. The number of nitrogens with zero attached hydrogens (tertiary/aromatic N) is 5. The van der Waals surface area contributed by atoms with Crippen LogP contribution in [-0.2, 0) is 11.3 Å². The van der Waals surface area contributed by atoms with Crippen molar-refractivity contribution in [1.82, 2.24) is 30.5 Å². The molecule has 0 spiro atoms. The normalized spacial score (nSPS) is 16.3. The lowest BCUT2D eigenvalue weighted by atomic mass is 10.3. The average Bonchev–Trinajstić information content (AvgIpc) is 2.91. The van der Waals surface area contributed by atoms with Crippen LogP contribution in [0, 0.1) is 0 Å². The molecule has 1 saturated carbocycles. The monoisotopic (exact) mass is 262 g/mol. The van der Waals surface area contributed by atoms with Gasteiger partial charge < -0.3 is 9.84 Å². The van der Waals surface area contributed by atoms with Crippen molar-refractivity contribution < 1.29 is 9.32 Å². The first kappa shape index (κ1) is 11.8. The summed E-state index contributed by atoms with van der Waals surface area (Å²) in [7, 11) is 0. The van der Waals surface area contributed by atoms with Crippen LogP contribution in [-0.4, -0.2) is 31.0 Å². The molecule has 1 atom stereocenters. The highest BCUT2D eigenvalue weighted by molar-refractivity contribution is 5.75. The number of carbonyl (C=O) groups is 1. The van der Waals surface area contributed by atoms with Crippen molar-refractivity contribution in [3.05, 3.63) is 24.1 Å². The first-order valence-electron chi connectivity index (χ1n) is 6.19. The van der Waals surface area contributed by atoms with Gasteiger partial charge in [-0.05, 0) is 19.8 Å². The van der Waals surface area contributed by atoms with Crippen molar-refractivity contribution in [2.75, 3.05) is 0 Å². The van der Waals surface area contributed by atoms with Crippen LogP contribution in [0.15, 0.2) is 16.9 Å². The van der Waals surface area contributed by atoms with Gasteiger partial charge in [-0.15, -0.1) is 5.10 Å². The van der Waals surface area contributed by atoms with Gasteiger partial charge in [0.15, 0.2) is 5.82 Å². The fraction of sp³-hybridized carbons (Fsp3) is 0.545. The molecule has 3 rings (SSSR count). The number of hydrogen-bond donors (Lipinski definition) is 1. The Morgan fingerprint density at radius 3 is 3.16 bits per heavy atom. The second-order valence-electron chi connectivity index (χ2n) is 4.65. The van der Waals surface area contributed by atoms with E-state index < -0.39 is 0 Å². The van der Waals surface area contributed by atoms with Gasteiger partial charge in [-0.25, -0.2) is 4.68 Å². The molecule has 0 aromatic carbocycles. The van der Waals surface area contributed by atoms with E-state index in [9.17, 15) is 4.79 Å². The molecule has 1 amide bonds. The Balaban J connectivity index is 1.57. The van der Waals surface area contributed by atoms with Gasteiger partial charge >= 0.3 is 0 Å². The van der Waals surface area contributed by atoms with E-state index in [0.717, 1.165) is 18.7 Å². The van der Waals surface area contributed by atoms with Crippen LogP contribution in [0.4, 0.5) is 0 Å². The third-order valence-corrected chi connectivity index (χ3v) is 2.93. The number of aromatic nitrogens is 5. The van der Waals surface area contributed by atoms with Crippen LogP contribution >= 0.6 is 0 Å². The standard InChI is InChI=1S/C11H14N6O2/c1-7(11-14-10(15-19-11)8-2-3-8)13-9(18)6-17-5-4-12-16-17/h4-5,7-8H,2-3,6H2,1H3,(H,13,18)/t7-/m1/s1.